The Morgan fingerprint density at radius 1 is 1.14 bits per heavy atom. The lowest BCUT2D eigenvalue weighted by atomic mass is 9.92. The van der Waals surface area contributed by atoms with Crippen LogP contribution in [-0.4, -0.2) is 17.9 Å². The quantitative estimate of drug-likeness (QED) is 0.810. The van der Waals surface area contributed by atoms with Gasteiger partial charge in [0, 0.05) is 6.42 Å². The summed E-state index contributed by atoms with van der Waals surface area (Å²) in [6, 6.07) is 8.70. The lowest BCUT2D eigenvalue weighted by Gasteiger charge is -2.33. The zero-order valence-electron chi connectivity index (χ0n) is 16.9. The molecular weight excluding hydrogens is 378 g/mol. The smallest absolute Gasteiger partial charge is 0.268 e. The largest absolute Gasteiger partial charge is 0.476 e. The van der Waals surface area contributed by atoms with Crippen LogP contribution in [0.2, 0.25) is 0 Å². The van der Waals surface area contributed by atoms with E-state index in [2.05, 4.69) is 5.32 Å². The molecule has 1 unspecified atom stereocenters. The number of fused-ring (bicyclic) bond motifs is 1. The minimum atomic E-state index is -0.891. The van der Waals surface area contributed by atoms with E-state index in [1.54, 1.807) is 18.2 Å². The topological polar surface area (TPSA) is 58.6 Å². The van der Waals surface area contributed by atoms with Crippen molar-refractivity contribution >= 4 is 23.2 Å². The predicted molar refractivity (Wildman–Crippen MR) is 107 cm³/mol. The number of carbonyl (C=O) groups excluding carboxylic acids is 2. The highest BCUT2D eigenvalue weighted by atomic mass is 19.1. The summed E-state index contributed by atoms with van der Waals surface area (Å²) >= 11 is 0. The second kappa shape index (κ2) is 7.81. The van der Waals surface area contributed by atoms with Crippen LogP contribution in [0, 0.1) is 17.0 Å². The number of amides is 2. The zero-order chi connectivity index (χ0) is 21.3. The van der Waals surface area contributed by atoms with Gasteiger partial charge in [-0.1, -0.05) is 32.9 Å². The van der Waals surface area contributed by atoms with Gasteiger partial charge < -0.3 is 15.0 Å². The van der Waals surface area contributed by atoms with Gasteiger partial charge in [0.15, 0.2) is 17.7 Å². The maximum Gasteiger partial charge on any atom is 0.268 e. The molecule has 0 saturated heterocycles. The van der Waals surface area contributed by atoms with Crippen molar-refractivity contribution in [2.24, 2.45) is 5.41 Å². The molecule has 2 amide bonds. The molecule has 1 heterocycles. The number of benzene rings is 2. The average molecular weight is 402 g/mol. The highest BCUT2D eigenvalue weighted by Gasteiger charge is 2.34. The number of anilines is 2. The minimum absolute atomic E-state index is 0.00119. The number of nitrogens with zero attached hydrogens (tertiary/aromatic N) is 1. The molecule has 2 aromatic rings. The van der Waals surface area contributed by atoms with Crippen LogP contribution in [0.25, 0.3) is 0 Å². The van der Waals surface area contributed by atoms with Gasteiger partial charge in [0.05, 0.1) is 17.9 Å². The first kappa shape index (κ1) is 20.8. The summed E-state index contributed by atoms with van der Waals surface area (Å²) in [5, 5.41) is 2.57. The summed E-state index contributed by atoms with van der Waals surface area (Å²) in [4.78, 5) is 26.2. The Hall–Kier alpha value is -2.96. The molecule has 0 saturated carbocycles. The maximum atomic E-state index is 15.1. The third kappa shape index (κ3) is 4.72. The number of halogens is 2. The molecule has 0 spiro atoms. The van der Waals surface area contributed by atoms with Crippen LogP contribution in [-0.2, 0) is 16.1 Å². The molecule has 0 aromatic heterocycles. The van der Waals surface area contributed by atoms with Gasteiger partial charge in [-0.3, -0.25) is 9.59 Å². The highest BCUT2D eigenvalue weighted by molar-refractivity contribution is 6.00. The lowest BCUT2D eigenvalue weighted by Crippen LogP contribution is -2.44. The highest BCUT2D eigenvalue weighted by Crippen LogP contribution is 2.40. The summed E-state index contributed by atoms with van der Waals surface area (Å²) in [6.45, 7) is 7.43. The van der Waals surface area contributed by atoms with Gasteiger partial charge >= 0.3 is 0 Å². The third-order valence-corrected chi connectivity index (χ3v) is 4.49. The van der Waals surface area contributed by atoms with Gasteiger partial charge in [-0.25, -0.2) is 8.78 Å². The fraction of sp³-hybridized carbons (Fsp3) is 0.364. The average Bonchev–Trinajstić information content (AvgIpc) is 2.62. The van der Waals surface area contributed by atoms with E-state index in [0.717, 1.165) is 0 Å². The molecule has 1 aliphatic rings. The molecule has 154 valence electrons. The molecule has 0 fully saturated rings. The minimum Gasteiger partial charge on any atom is -0.476 e. The molecule has 1 aliphatic heterocycles. The zero-order valence-corrected chi connectivity index (χ0v) is 16.9. The van der Waals surface area contributed by atoms with Crippen molar-refractivity contribution in [3.63, 3.8) is 0 Å². The first-order valence-corrected chi connectivity index (χ1v) is 9.40. The molecule has 1 atom stereocenters. The van der Waals surface area contributed by atoms with Gasteiger partial charge in [-0.05, 0) is 42.2 Å². The summed E-state index contributed by atoms with van der Waals surface area (Å²) in [5.74, 6) is -1.83. The molecule has 0 bridgehead atoms. The number of carbonyl (C=O) groups is 2. The molecule has 7 heteroatoms. The molecule has 2 aromatic carbocycles. The van der Waals surface area contributed by atoms with Crippen molar-refractivity contribution in [3.05, 3.63) is 53.6 Å². The van der Waals surface area contributed by atoms with Crippen LogP contribution in [0.15, 0.2) is 36.4 Å². The summed E-state index contributed by atoms with van der Waals surface area (Å²) in [6.07, 6.45) is -0.659. The van der Waals surface area contributed by atoms with Crippen molar-refractivity contribution in [1.82, 2.24) is 0 Å². The summed E-state index contributed by atoms with van der Waals surface area (Å²) in [7, 11) is 0. The Labute approximate surface area is 168 Å². The fourth-order valence-corrected chi connectivity index (χ4v) is 3.14. The number of ether oxygens (including phenoxy) is 1. The van der Waals surface area contributed by atoms with Crippen molar-refractivity contribution in [1.29, 1.82) is 0 Å². The van der Waals surface area contributed by atoms with E-state index in [9.17, 15) is 14.0 Å². The Morgan fingerprint density at radius 2 is 1.79 bits per heavy atom. The molecule has 0 radical (unpaired) electrons. The SMILES string of the molecule is CC1Oc2c(ccc(NC(=O)CC(C)(C)C)c2F)N(Cc2ccc(F)cc2)C1=O. The van der Waals surface area contributed by atoms with Crippen molar-refractivity contribution in [2.75, 3.05) is 10.2 Å². The fourth-order valence-electron chi connectivity index (χ4n) is 3.14. The Balaban J connectivity index is 1.90. The van der Waals surface area contributed by atoms with Gasteiger partial charge in [0.25, 0.3) is 5.91 Å². The first-order chi connectivity index (χ1) is 13.5. The maximum absolute atomic E-state index is 15.1. The molecule has 3 rings (SSSR count). The third-order valence-electron chi connectivity index (χ3n) is 4.49. The Bertz CT molecular complexity index is 936. The number of rotatable bonds is 4. The molecule has 1 N–H and O–H groups in total. The van der Waals surface area contributed by atoms with E-state index < -0.39 is 11.9 Å². The van der Waals surface area contributed by atoms with E-state index in [-0.39, 0.29) is 53.1 Å². The summed E-state index contributed by atoms with van der Waals surface area (Å²) < 4.78 is 33.8. The van der Waals surface area contributed by atoms with E-state index in [1.165, 1.54) is 30.0 Å². The van der Waals surface area contributed by atoms with Crippen LogP contribution in [0.3, 0.4) is 0 Å². The number of nitrogens with one attached hydrogen (secondary N) is 1. The van der Waals surface area contributed by atoms with Gasteiger partial charge in [-0.2, -0.15) is 0 Å². The summed E-state index contributed by atoms with van der Waals surface area (Å²) in [5.41, 5.74) is 0.728. The van der Waals surface area contributed by atoms with E-state index in [4.69, 9.17) is 4.74 Å². The molecule has 29 heavy (non-hydrogen) atoms. The number of hydrogen-bond acceptors (Lipinski definition) is 3. The van der Waals surface area contributed by atoms with Gasteiger partial charge in [0.2, 0.25) is 5.91 Å². The van der Waals surface area contributed by atoms with Crippen LogP contribution in [0.5, 0.6) is 5.75 Å². The second-order valence-electron chi connectivity index (χ2n) is 8.37. The normalized spacial score (nSPS) is 16.3. The monoisotopic (exact) mass is 402 g/mol. The van der Waals surface area contributed by atoms with E-state index >= 15 is 4.39 Å². The Kier molecular flexibility index (Phi) is 5.59. The van der Waals surface area contributed by atoms with Crippen molar-refractivity contribution < 1.29 is 23.1 Å². The van der Waals surface area contributed by atoms with E-state index in [1.807, 2.05) is 20.8 Å². The molecule has 0 aliphatic carbocycles. The number of hydrogen-bond donors (Lipinski definition) is 1. The van der Waals surface area contributed by atoms with Gasteiger partial charge in [-0.15, -0.1) is 0 Å². The van der Waals surface area contributed by atoms with Crippen molar-refractivity contribution in [3.8, 4) is 5.75 Å². The van der Waals surface area contributed by atoms with Crippen LogP contribution in [0.1, 0.15) is 39.7 Å². The standard InChI is InChI=1S/C22H24F2N2O3/c1-13-21(28)26(12-14-5-7-15(23)8-6-14)17-10-9-16(19(24)20(17)29-13)25-18(27)11-22(2,3)4/h5-10,13H,11-12H2,1-4H3,(H,25,27). The Morgan fingerprint density at radius 3 is 2.41 bits per heavy atom. The van der Waals surface area contributed by atoms with Crippen LogP contribution >= 0.6 is 0 Å². The van der Waals surface area contributed by atoms with E-state index in [0.29, 0.717) is 5.56 Å². The van der Waals surface area contributed by atoms with Crippen LogP contribution < -0.4 is 15.0 Å². The van der Waals surface area contributed by atoms with Crippen molar-refractivity contribution in [2.45, 2.75) is 46.8 Å². The first-order valence-electron chi connectivity index (χ1n) is 9.40. The lowest BCUT2D eigenvalue weighted by molar-refractivity contribution is -0.125. The van der Waals surface area contributed by atoms with Gasteiger partial charge in [0.1, 0.15) is 5.82 Å². The van der Waals surface area contributed by atoms with Crippen LogP contribution in [0.4, 0.5) is 20.2 Å². The predicted octanol–water partition coefficient (Wildman–Crippen LogP) is 4.65. The molecule has 5 nitrogen and oxygen atoms in total. The second-order valence-corrected chi connectivity index (χ2v) is 8.37. The molecular formula is C22H24F2N2O3.